The average molecular weight is 333 g/mol. The van der Waals surface area contributed by atoms with Crippen LogP contribution >= 0.6 is 0 Å². The number of rotatable bonds is 3. The van der Waals surface area contributed by atoms with Gasteiger partial charge in [0.1, 0.15) is 11.3 Å². The molecule has 4 rings (SSSR count). The van der Waals surface area contributed by atoms with Gasteiger partial charge in [0.25, 0.3) is 5.91 Å². The maximum Gasteiger partial charge on any atom is 0.257 e. The maximum atomic E-state index is 13.9. The van der Waals surface area contributed by atoms with Gasteiger partial charge < -0.3 is 9.73 Å². The van der Waals surface area contributed by atoms with Crippen LogP contribution < -0.4 is 5.32 Å². The second kappa shape index (κ2) is 6.16. The predicted molar refractivity (Wildman–Crippen MR) is 91.6 cm³/mol. The Balaban J connectivity index is 1.65. The van der Waals surface area contributed by atoms with E-state index in [1.54, 1.807) is 54.7 Å². The van der Waals surface area contributed by atoms with Crippen LogP contribution in [0.4, 0.5) is 10.1 Å². The topological polar surface area (TPSA) is 68.0 Å². The van der Waals surface area contributed by atoms with Crippen LogP contribution in [0.3, 0.4) is 0 Å². The van der Waals surface area contributed by atoms with Crippen LogP contribution in [-0.2, 0) is 0 Å². The Labute approximate surface area is 142 Å². The molecule has 0 bridgehead atoms. The SMILES string of the molecule is O=C(Nc1ccc2oc(-c3ccccc3F)nc2c1)c1cccnc1. The van der Waals surface area contributed by atoms with Gasteiger partial charge in [-0.25, -0.2) is 9.37 Å². The van der Waals surface area contributed by atoms with E-state index in [1.165, 1.54) is 12.3 Å². The van der Waals surface area contributed by atoms with E-state index in [1.807, 2.05) is 0 Å². The van der Waals surface area contributed by atoms with Crippen LogP contribution in [0.5, 0.6) is 0 Å². The maximum absolute atomic E-state index is 13.9. The zero-order chi connectivity index (χ0) is 17.2. The van der Waals surface area contributed by atoms with Crippen LogP contribution in [0.15, 0.2) is 71.4 Å². The smallest absolute Gasteiger partial charge is 0.257 e. The molecule has 6 heteroatoms. The van der Waals surface area contributed by atoms with Crippen molar-refractivity contribution in [2.75, 3.05) is 5.32 Å². The Kier molecular flexibility index (Phi) is 3.70. The lowest BCUT2D eigenvalue weighted by molar-refractivity contribution is 0.102. The number of benzene rings is 2. The number of carbonyl (C=O) groups is 1. The van der Waals surface area contributed by atoms with E-state index >= 15 is 0 Å². The Hall–Kier alpha value is -3.54. The van der Waals surface area contributed by atoms with Crippen molar-refractivity contribution in [3.05, 3.63) is 78.4 Å². The molecule has 0 spiro atoms. The zero-order valence-electron chi connectivity index (χ0n) is 12.9. The summed E-state index contributed by atoms with van der Waals surface area (Å²) in [6.45, 7) is 0. The highest BCUT2D eigenvalue weighted by atomic mass is 19.1. The molecule has 0 fully saturated rings. The van der Waals surface area contributed by atoms with Crippen LogP contribution in [0.2, 0.25) is 0 Å². The Bertz CT molecular complexity index is 1060. The molecule has 0 aliphatic heterocycles. The highest BCUT2D eigenvalue weighted by Gasteiger charge is 2.13. The molecular formula is C19H12FN3O2. The third kappa shape index (κ3) is 2.97. The fourth-order valence-corrected chi connectivity index (χ4v) is 2.46. The number of aromatic nitrogens is 2. The summed E-state index contributed by atoms with van der Waals surface area (Å²) in [4.78, 5) is 20.4. The summed E-state index contributed by atoms with van der Waals surface area (Å²) in [6.07, 6.45) is 3.09. The minimum absolute atomic E-state index is 0.198. The van der Waals surface area contributed by atoms with Crippen LogP contribution in [0.25, 0.3) is 22.6 Å². The predicted octanol–water partition coefficient (Wildman–Crippen LogP) is 4.28. The van der Waals surface area contributed by atoms with Gasteiger partial charge in [0.2, 0.25) is 5.89 Å². The largest absolute Gasteiger partial charge is 0.436 e. The first-order valence-corrected chi connectivity index (χ1v) is 7.57. The van der Waals surface area contributed by atoms with Crippen LogP contribution in [0.1, 0.15) is 10.4 Å². The van der Waals surface area contributed by atoms with Crippen molar-refractivity contribution in [2.45, 2.75) is 0 Å². The number of halogens is 1. The van der Waals surface area contributed by atoms with Gasteiger partial charge in [-0.1, -0.05) is 12.1 Å². The zero-order valence-corrected chi connectivity index (χ0v) is 12.9. The fraction of sp³-hybridized carbons (Fsp3) is 0. The van der Waals surface area contributed by atoms with Crippen molar-refractivity contribution in [3.63, 3.8) is 0 Å². The van der Waals surface area contributed by atoms with Crippen molar-refractivity contribution in [3.8, 4) is 11.5 Å². The molecule has 0 radical (unpaired) electrons. The number of pyridine rings is 1. The average Bonchev–Trinajstić information content (AvgIpc) is 3.06. The van der Waals surface area contributed by atoms with Gasteiger partial charge in [-0.05, 0) is 42.5 Å². The summed E-state index contributed by atoms with van der Waals surface area (Å²) in [6, 6.07) is 14.7. The molecule has 5 nitrogen and oxygen atoms in total. The minimum atomic E-state index is -0.404. The third-order valence-corrected chi connectivity index (χ3v) is 3.67. The van der Waals surface area contributed by atoms with Crippen LogP contribution in [-0.4, -0.2) is 15.9 Å². The molecule has 0 unspecified atom stereocenters. The third-order valence-electron chi connectivity index (χ3n) is 3.67. The summed E-state index contributed by atoms with van der Waals surface area (Å²) in [5.41, 5.74) is 2.35. The van der Waals surface area contributed by atoms with Gasteiger partial charge in [0.15, 0.2) is 5.58 Å². The van der Waals surface area contributed by atoms with Crippen molar-refractivity contribution in [2.24, 2.45) is 0 Å². The molecule has 25 heavy (non-hydrogen) atoms. The molecule has 2 aromatic heterocycles. The lowest BCUT2D eigenvalue weighted by Gasteiger charge is -2.04. The van der Waals surface area contributed by atoms with Gasteiger partial charge in [-0.2, -0.15) is 0 Å². The van der Waals surface area contributed by atoms with E-state index in [2.05, 4.69) is 15.3 Å². The molecule has 0 atom stereocenters. The molecule has 4 aromatic rings. The Morgan fingerprint density at radius 3 is 2.76 bits per heavy atom. The number of amides is 1. The second-order valence-corrected chi connectivity index (χ2v) is 5.38. The summed E-state index contributed by atoms with van der Waals surface area (Å²) < 4.78 is 19.5. The first-order chi connectivity index (χ1) is 12.2. The number of fused-ring (bicyclic) bond motifs is 1. The van der Waals surface area contributed by atoms with E-state index in [0.29, 0.717) is 27.9 Å². The Morgan fingerprint density at radius 2 is 1.96 bits per heavy atom. The van der Waals surface area contributed by atoms with Gasteiger partial charge in [-0.3, -0.25) is 9.78 Å². The van der Waals surface area contributed by atoms with E-state index < -0.39 is 5.82 Å². The van der Waals surface area contributed by atoms with Gasteiger partial charge >= 0.3 is 0 Å². The fourth-order valence-electron chi connectivity index (χ4n) is 2.46. The molecule has 1 N–H and O–H groups in total. The van der Waals surface area contributed by atoms with Crippen LogP contribution in [0, 0.1) is 5.82 Å². The standard InChI is InChI=1S/C19H12FN3O2/c20-15-6-2-1-5-14(15)19-23-16-10-13(7-8-17(16)25-19)22-18(24)12-4-3-9-21-11-12/h1-11H,(H,22,24). The van der Waals surface area contributed by atoms with Crippen molar-refractivity contribution >= 4 is 22.7 Å². The summed E-state index contributed by atoms with van der Waals surface area (Å²) in [7, 11) is 0. The molecule has 0 saturated heterocycles. The molecule has 2 aromatic carbocycles. The van der Waals surface area contributed by atoms with Crippen molar-refractivity contribution in [1.82, 2.24) is 9.97 Å². The molecule has 2 heterocycles. The highest BCUT2D eigenvalue weighted by molar-refractivity contribution is 6.04. The van der Waals surface area contributed by atoms with Gasteiger partial charge in [0.05, 0.1) is 11.1 Å². The van der Waals surface area contributed by atoms with E-state index in [9.17, 15) is 9.18 Å². The summed E-state index contributed by atoms with van der Waals surface area (Å²) >= 11 is 0. The quantitative estimate of drug-likeness (QED) is 0.607. The van der Waals surface area contributed by atoms with E-state index in [4.69, 9.17) is 4.42 Å². The second-order valence-electron chi connectivity index (χ2n) is 5.38. The van der Waals surface area contributed by atoms with Gasteiger partial charge in [-0.15, -0.1) is 0 Å². The number of hydrogen-bond acceptors (Lipinski definition) is 4. The number of hydrogen-bond donors (Lipinski definition) is 1. The first kappa shape index (κ1) is 15.0. The molecule has 0 aliphatic carbocycles. The molecule has 122 valence electrons. The monoisotopic (exact) mass is 333 g/mol. The lowest BCUT2D eigenvalue weighted by Crippen LogP contribution is -2.11. The number of anilines is 1. The van der Waals surface area contributed by atoms with Gasteiger partial charge in [0, 0.05) is 18.1 Å². The highest BCUT2D eigenvalue weighted by Crippen LogP contribution is 2.27. The lowest BCUT2D eigenvalue weighted by atomic mass is 10.2. The first-order valence-electron chi connectivity index (χ1n) is 7.57. The normalized spacial score (nSPS) is 10.8. The number of carbonyl (C=O) groups excluding carboxylic acids is 1. The Morgan fingerprint density at radius 1 is 1.08 bits per heavy atom. The summed E-state index contributed by atoms with van der Waals surface area (Å²) in [5, 5.41) is 2.78. The molecule has 0 saturated carbocycles. The summed E-state index contributed by atoms with van der Waals surface area (Å²) in [5.74, 6) is -0.478. The minimum Gasteiger partial charge on any atom is -0.436 e. The molecule has 1 amide bonds. The number of nitrogens with zero attached hydrogens (tertiary/aromatic N) is 2. The molecular weight excluding hydrogens is 321 g/mol. The van der Waals surface area contributed by atoms with Crippen molar-refractivity contribution < 1.29 is 13.6 Å². The van der Waals surface area contributed by atoms with Crippen molar-refractivity contribution in [1.29, 1.82) is 0 Å². The van der Waals surface area contributed by atoms with E-state index in [-0.39, 0.29) is 11.8 Å². The van der Waals surface area contributed by atoms with E-state index in [0.717, 1.165) is 0 Å². The number of oxazole rings is 1. The number of nitrogens with one attached hydrogen (secondary N) is 1. The molecule has 0 aliphatic rings.